The molecule has 0 saturated carbocycles. The summed E-state index contributed by atoms with van der Waals surface area (Å²) in [4.78, 5) is 26.7. The van der Waals surface area contributed by atoms with Crippen LogP contribution in [0.15, 0.2) is 48.5 Å². The van der Waals surface area contributed by atoms with Crippen LogP contribution in [0.3, 0.4) is 0 Å². The Morgan fingerprint density at radius 3 is 2.46 bits per heavy atom. The average Bonchev–Trinajstić information content (AvgIpc) is 3.11. The van der Waals surface area contributed by atoms with Gasteiger partial charge in [-0.25, -0.2) is 0 Å². The summed E-state index contributed by atoms with van der Waals surface area (Å²) in [5.41, 5.74) is 2.80. The molecule has 1 heterocycles. The second-order valence-corrected chi connectivity index (χ2v) is 7.14. The Kier molecular flexibility index (Phi) is 6.69. The summed E-state index contributed by atoms with van der Waals surface area (Å²) >= 11 is 0. The fourth-order valence-corrected chi connectivity index (χ4v) is 3.26. The highest BCUT2D eigenvalue weighted by Gasteiger charge is 2.35. The van der Waals surface area contributed by atoms with E-state index >= 15 is 0 Å². The van der Waals surface area contributed by atoms with Crippen LogP contribution in [0.2, 0.25) is 0 Å². The van der Waals surface area contributed by atoms with Gasteiger partial charge in [0, 0.05) is 24.3 Å². The van der Waals surface area contributed by atoms with Gasteiger partial charge in [0.25, 0.3) is 0 Å². The molecule has 2 amide bonds. The fraction of sp³-hybridized carbons (Fsp3) is 0.391. The van der Waals surface area contributed by atoms with Crippen molar-refractivity contribution in [2.45, 2.75) is 39.5 Å². The molecule has 0 radical (unpaired) electrons. The summed E-state index contributed by atoms with van der Waals surface area (Å²) in [5, 5.41) is 2.92. The molecular formula is C23H28N2O3. The van der Waals surface area contributed by atoms with E-state index in [9.17, 15) is 9.59 Å². The number of carbonyl (C=O) groups is 2. The summed E-state index contributed by atoms with van der Waals surface area (Å²) < 4.78 is 5.64. The van der Waals surface area contributed by atoms with E-state index in [2.05, 4.69) is 19.2 Å². The maximum Gasteiger partial charge on any atom is 0.229 e. The summed E-state index contributed by atoms with van der Waals surface area (Å²) in [6.07, 6.45) is 3.31. The molecule has 5 nitrogen and oxygen atoms in total. The predicted molar refractivity (Wildman–Crippen MR) is 112 cm³/mol. The van der Waals surface area contributed by atoms with Gasteiger partial charge in [0.2, 0.25) is 11.8 Å². The molecule has 0 unspecified atom stereocenters. The second kappa shape index (κ2) is 9.40. The van der Waals surface area contributed by atoms with E-state index in [1.54, 1.807) is 4.90 Å². The monoisotopic (exact) mass is 380 g/mol. The van der Waals surface area contributed by atoms with Crippen LogP contribution in [0.4, 0.5) is 11.4 Å². The Morgan fingerprint density at radius 2 is 1.82 bits per heavy atom. The van der Waals surface area contributed by atoms with E-state index in [1.807, 2.05) is 48.5 Å². The lowest BCUT2D eigenvalue weighted by Gasteiger charge is -2.17. The highest BCUT2D eigenvalue weighted by atomic mass is 16.5. The maximum atomic E-state index is 12.6. The third-order valence-corrected chi connectivity index (χ3v) is 5.04. The quantitative estimate of drug-likeness (QED) is 0.690. The molecule has 1 atom stereocenters. The van der Waals surface area contributed by atoms with Gasteiger partial charge in [-0.1, -0.05) is 32.4 Å². The number of aryl methyl sites for hydroxylation is 1. The first kappa shape index (κ1) is 19.9. The molecule has 1 aliphatic heterocycles. The number of rotatable bonds is 8. The van der Waals surface area contributed by atoms with E-state index in [1.165, 1.54) is 5.56 Å². The van der Waals surface area contributed by atoms with Crippen molar-refractivity contribution in [1.82, 2.24) is 0 Å². The van der Waals surface area contributed by atoms with E-state index in [-0.39, 0.29) is 24.2 Å². The molecule has 2 aromatic carbocycles. The van der Waals surface area contributed by atoms with E-state index in [0.717, 1.165) is 30.7 Å². The van der Waals surface area contributed by atoms with Gasteiger partial charge in [-0.2, -0.15) is 0 Å². The first-order valence-corrected chi connectivity index (χ1v) is 10.0. The van der Waals surface area contributed by atoms with Crippen LogP contribution in [0.1, 0.15) is 38.7 Å². The van der Waals surface area contributed by atoms with Crippen molar-refractivity contribution in [2.24, 2.45) is 5.92 Å². The second-order valence-electron chi connectivity index (χ2n) is 7.14. The summed E-state index contributed by atoms with van der Waals surface area (Å²) in [6.45, 7) is 5.33. The van der Waals surface area contributed by atoms with Crippen LogP contribution in [-0.4, -0.2) is 25.0 Å². The van der Waals surface area contributed by atoms with Gasteiger partial charge in [0.15, 0.2) is 0 Å². The SMILES string of the molecule is CCCCOc1ccc(NC(=O)[C@@H]2CC(=O)N(c3ccc(CC)cc3)C2)cc1. The minimum Gasteiger partial charge on any atom is -0.494 e. The van der Waals surface area contributed by atoms with Gasteiger partial charge in [-0.05, 0) is 54.8 Å². The Labute approximate surface area is 166 Å². The van der Waals surface area contributed by atoms with Crippen molar-refractivity contribution < 1.29 is 14.3 Å². The molecule has 0 aromatic heterocycles. The largest absolute Gasteiger partial charge is 0.494 e. The summed E-state index contributed by atoms with van der Waals surface area (Å²) in [6, 6.07) is 15.3. The van der Waals surface area contributed by atoms with Crippen molar-refractivity contribution in [1.29, 1.82) is 0 Å². The number of hydrogen-bond donors (Lipinski definition) is 1. The zero-order chi connectivity index (χ0) is 19.9. The normalized spacial score (nSPS) is 16.3. The Balaban J connectivity index is 1.56. The molecule has 148 valence electrons. The van der Waals surface area contributed by atoms with Gasteiger partial charge in [0.05, 0.1) is 12.5 Å². The third kappa shape index (κ3) is 4.91. The lowest BCUT2D eigenvalue weighted by Crippen LogP contribution is -2.28. The van der Waals surface area contributed by atoms with Crippen molar-refractivity contribution >= 4 is 23.2 Å². The Bertz CT molecular complexity index is 800. The Hall–Kier alpha value is -2.82. The minimum absolute atomic E-state index is 0.0101. The number of ether oxygens (including phenoxy) is 1. The fourth-order valence-electron chi connectivity index (χ4n) is 3.26. The number of anilines is 2. The standard InChI is InChI=1S/C23H28N2O3/c1-3-5-14-28-21-12-8-19(9-13-21)24-23(27)18-15-22(26)25(16-18)20-10-6-17(4-2)7-11-20/h6-13,18H,3-5,14-16H2,1-2H3,(H,24,27)/t18-/m1/s1. The molecule has 0 spiro atoms. The molecule has 3 rings (SSSR count). The smallest absolute Gasteiger partial charge is 0.229 e. The van der Waals surface area contributed by atoms with Gasteiger partial charge in [0.1, 0.15) is 5.75 Å². The van der Waals surface area contributed by atoms with Crippen LogP contribution in [-0.2, 0) is 16.0 Å². The van der Waals surface area contributed by atoms with E-state index < -0.39 is 0 Å². The predicted octanol–water partition coefficient (Wildman–Crippen LogP) is 4.42. The van der Waals surface area contributed by atoms with Crippen LogP contribution < -0.4 is 15.0 Å². The molecule has 1 aliphatic rings. The summed E-state index contributed by atoms with van der Waals surface area (Å²) in [5.74, 6) is 0.313. The number of carbonyl (C=O) groups excluding carboxylic acids is 2. The van der Waals surface area contributed by atoms with Crippen molar-refractivity contribution in [3.05, 3.63) is 54.1 Å². The molecule has 0 aliphatic carbocycles. The molecule has 28 heavy (non-hydrogen) atoms. The van der Waals surface area contributed by atoms with Gasteiger partial charge >= 0.3 is 0 Å². The van der Waals surface area contributed by atoms with E-state index in [4.69, 9.17) is 4.74 Å². The van der Waals surface area contributed by atoms with Crippen LogP contribution in [0.25, 0.3) is 0 Å². The highest BCUT2D eigenvalue weighted by molar-refractivity contribution is 6.03. The van der Waals surface area contributed by atoms with Crippen LogP contribution in [0.5, 0.6) is 5.75 Å². The van der Waals surface area contributed by atoms with Crippen LogP contribution >= 0.6 is 0 Å². The minimum atomic E-state index is -0.348. The number of hydrogen-bond acceptors (Lipinski definition) is 3. The van der Waals surface area contributed by atoms with Crippen LogP contribution in [0, 0.1) is 5.92 Å². The lowest BCUT2D eigenvalue weighted by molar-refractivity contribution is -0.122. The lowest BCUT2D eigenvalue weighted by atomic mass is 10.1. The molecular weight excluding hydrogens is 352 g/mol. The van der Waals surface area contributed by atoms with Crippen molar-refractivity contribution in [2.75, 3.05) is 23.4 Å². The van der Waals surface area contributed by atoms with Gasteiger partial charge in [-0.15, -0.1) is 0 Å². The summed E-state index contributed by atoms with van der Waals surface area (Å²) in [7, 11) is 0. The molecule has 1 N–H and O–H groups in total. The number of nitrogens with zero attached hydrogens (tertiary/aromatic N) is 1. The van der Waals surface area contributed by atoms with E-state index in [0.29, 0.717) is 18.8 Å². The highest BCUT2D eigenvalue weighted by Crippen LogP contribution is 2.27. The van der Waals surface area contributed by atoms with Crippen molar-refractivity contribution in [3.63, 3.8) is 0 Å². The number of amides is 2. The molecule has 5 heteroatoms. The zero-order valence-electron chi connectivity index (χ0n) is 16.6. The number of benzene rings is 2. The number of nitrogens with one attached hydrogen (secondary N) is 1. The van der Waals surface area contributed by atoms with Crippen molar-refractivity contribution in [3.8, 4) is 5.75 Å². The molecule has 1 fully saturated rings. The topological polar surface area (TPSA) is 58.6 Å². The first-order chi connectivity index (χ1) is 13.6. The first-order valence-electron chi connectivity index (χ1n) is 10.0. The molecule has 1 saturated heterocycles. The molecule has 2 aromatic rings. The van der Waals surface area contributed by atoms with Gasteiger partial charge < -0.3 is 15.0 Å². The average molecular weight is 380 g/mol. The maximum absolute atomic E-state index is 12.6. The number of unbranched alkanes of at least 4 members (excludes halogenated alkanes) is 1. The zero-order valence-corrected chi connectivity index (χ0v) is 16.6. The Morgan fingerprint density at radius 1 is 1.11 bits per heavy atom. The third-order valence-electron chi connectivity index (χ3n) is 5.04. The van der Waals surface area contributed by atoms with Gasteiger partial charge in [-0.3, -0.25) is 9.59 Å². The molecule has 0 bridgehead atoms.